The molecule has 1 fully saturated rings. The fourth-order valence-electron chi connectivity index (χ4n) is 3.10. The van der Waals surface area contributed by atoms with Crippen molar-refractivity contribution < 1.29 is 21.6 Å². The molecule has 0 bridgehead atoms. The first-order chi connectivity index (χ1) is 12.5. The normalized spacial score (nSPS) is 21.2. The summed E-state index contributed by atoms with van der Waals surface area (Å²) in [5, 5.41) is -0.856. The molecule has 2 aromatic heterocycles. The fraction of sp³-hybridized carbons (Fsp3) is 0.467. The van der Waals surface area contributed by atoms with Gasteiger partial charge in [0.15, 0.2) is 16.2 Å². The van der Waals surface area contributed by atoms with Crippen LogP contribution in [0.5, 0.6) is 0 Å². The van der Waals surface area contributed by atoms with Crippen molar-refractivity contribution in [2.24, 2.45) is 5.73 Å². The number of imidazole rings is 1. The van der Waals surface area contributed by atoms with Crippen LogP contribution in [0.4, 0.5) is 24.8 Å². The number of hydrogen-bond acceptors (Lipinski definition) is 5. The number of anilines is 1. The van der Waals surface area contributed by atoms with E-state index in [2.05, 4.69) is 9.83 Å². The Morgan fingerprint density at radius 3 is 2.70 bits per heavy atom. The minimum atomic E-state index is -4.73. The maximum atomic E-state index is 13.3. The van der Waals surface area contributed by atoms with Gasteiger partial charge in [0.25, 0.3) is 5.82 Å². The Balaban J connectivity index is 2.27. The van der Waals surface area contributed by atoms with Gasteiger partial charge in [-0.15, -0.1) is 4.98 Å². The molecule has 1 saturated heterocycles. The molecule has 1 aliphatic heterocycles. The van der Waals surface area contributed by atoms with E-state index in [-0.39, 0.29) is 46.6 Å². The summed E-state index contributed by atoms with van der Waals surface area (Å²) in [5.74, 6) is -0.224. The zero-order valence-corrected chi connectivity index (χ0v) is 15.6. The van der Waals surface area contributed by atoms with Crippen LogP contribution in [0.25, 0.3) is 10.4 Å². The summed E-state index contributed by atoms with van der Waals surface area (Å²) >= 11 is 6.13. The first kappa shape index (κ1) is 19.7. The second-order valence-electron chi connectivity index (χ2n) is 6.31. The molecule has 3 rings (SSSR count). The molecule has 0 radical (unpaired) electrons. The van der Waals surface area contributed by atoms with E-state index >= 15 is 0 Å². The zero-order chi connectivity index (χ0) is 20.1. The van der Waals surface area contributed by atoms with E-state index in [0.29, 0.717) is 0 Å². The van der Waals surface area contributed by atoms with Crippen LogP contribution < -0.4 is 10.6 Å². The van der Waals surface area contributed by atoms with E-state index in [1.807, 2.05) is 0 Å². The molecule has 3 heterocycles. The second-order valence-corrected chi connectivity index (χ2v) is 9.26. The van der Waals surface area contributed by atoms with Gasteiger partial charge in [-0.25, -0.2) is 8.42 Å². The van der Waals surface area contributed by atoms with E-state index in [4.69, 9.17) is 23.9 Å². The Morgan fingerprint density at radius 1 is 1.48 bits per heavy atom. The van der Waals surface area contributed by atoms with Crippen LogP contribution in [0.3, 0.4) is 0 Å². The van der Waals surface area contributed by atoms with Gasteiger partial charge < -0.3 is 15.5 Å². The highest BCUT2D eigenvalue weighted by Gasteiger charge is 2.42. The van der Waals surface area contributed by atoms with Crippen molar-refractivity contribution in [3.63, 3.8) is 0 Å². The van der Waals surface area contributed by atoms with Crippen LogP contribution in [0.2, 0.25) is 5.02 Å². The first-order valence-electron chi connectivity index (χ1n) is 7.83. The molecule has 2 atom stereocenters. The standard InChI is InChI=1S/C15H15ClF3N5O2S/c1-8-6-23(3-4-27(8,25)26)14-9(12(20)15(17,18)19)5-10(16)11-13(21-2)22-7-24(11)14/h5,7-8,12H,3-4,6,20H2,1H3. The van der Waals surface area contributed by atoms with Gasteiger partial charge in [0.1, 0.15) is 11.9 Å². The van der Waals surface area contributed by atoms with Gasteiger partial charge in [-0.2, -0.15) is 13.2 Å². The van der Waals surface area contributed by atoms with E-state index in [1.54, 1.807) is 0 Å². The van der Waals surface area contributed by atoms with Crippen LogP contribution in [0, 0.1) is 6.57 Å². The average Bonchev–Trinajstić information content (AvgIpc) is 3.00. The highest BCUT2D eigenvalue weighted by Crippen LogP contribution is 2.41. The van der Waals surface area contributed by atoms with E-state index in [0.717, 1.165) is 6.07 Å². The number of fused-ring (bicyclic) bond motifs is 1. The van der Waals surface area contributed by atoms with Gasteiger partial charge in [0.05, 0.1) is 21.5 Å². The van der Waals surface area contributed by atoms with Crippen molar-refractivity contribution >= 4 is 38.6 Å². The molecule has 7 nitrogen and oxygen atoms in total. The molecule has 0 aromatic carbocycles. The Kier molecular flexibility index (Phi) is 4.78. The molecule has 0 saturated carbocycles. The predicted octanol–water partition coefficient (Wildman–Crippen LogP) is 2.72. The van der Waals surface area contributed by atoms with Gasteiger partial charge >= 0.3 is 6.18 Å². The van der Waals surface area contributed by atoms with Crippen molar-refractivity contribution in [1.82, 2.24) is 9.38 Å². The van der Waals surface area contributed by atoms with Crippen LogP contribution in [0.15, 0.2) is 12.4 Å². The molecule has 2 N–H and O–H groups in total. The summed E-state index contributed by atoms with van der Waals surface area (Å²) in [6, 6.07) is -1.25. The molecule has 0 spiro atoms. The molecule has 0 amide bonds. The van der Waals surface area contributed by atoms with Crippen LogP contribution in [0.1, 0.15) is 18.5 Å². The van der Waals surface area contributed by atoms with Crippen molar-refractivity contribution in [2.75, 3.05) is 23.7 Å². The number of hydrogen-bond donors (Lipinski definition) is 1. The highest BCUT2D eigenvalue weighted by molar-refractivity contribution is 7.92. The van der Waals surface area contributed by atoms with Crippen LogP contribution in [-0.2, 0) is 9.84 Å². The molecular formula is C15H15ClF3N5O2S. The minimum Gasteiger partial charge on any atom is -0.359 e. The smallest absolute Gasteiger partial charge is 0.359 e. The van der Waals surface area contributed by atoms with Gasteiger partial charge in [-0.3, -0.25) is 4.40 Å². The molecule has 12 heteroatoms. The van der Waals surface area contributed by atoms with Crippen molar-refractivity contribution in [3.05, 3.63) is 34.4 Å². The Bertz CT molecular complexity index is 1040. The van der Waals surface area contributed by atoms with E-state index in [1.165, 1.54) is 22.6 Å². The van der Waals surface area contributed by atoms with Crippen molar-refractivity contribution in [3.8, 4) is 0 Å². The van der Waals surface area contributed by atoms with Crippen molar-refractivity contribution in [2.45, 2.75) is 24.4 Å². The van der Waals surface area contributed by atoms with Gasteiger partial charge in [-0.05, 0) is 13.0 Å². The fourth-order valence-corrected chi connectivity index (χ4v) is 4.68. The molecule has 0 aliphatic carbocycles. The SMILES string of the molecule is [C-]#[N+]c1ncn2c(N3CCS(=O)(=O)C(C)C3)c(C(N)C(F)(F)F)cc(Cl)c12. The largest absolute Gasteiger partial charge is 0.407 e. The number of alkyl halides is 3. The minimum absolute atomic E-state index is 0.00743. The lowest BCUT2D eigenvalue weighted by molar-refractivity contribution is -0.149. The van der Waals surface area contributed by atoms with E-state index < -0.39 is 27.3 Å². The molecule has 2 unspecified atom stereocenters. The number of nitrogens with two attached hydrogens (primary N) is 1. The second kappa shape index (κ2) is 6.54. The number of aromatic nitrogens is 2. The van der Waals surface area contributed by atoms with Crippen LogP contribution in [-0.4, -0.2) is 48.1 Å². The quantitative estimate of drug-likeness (QED) is 0.754. The number of pyridine rings is 1. The number of halogens is 4. The summed E-state index contributed by atoms with van der Waals surface area (Å²) in [5.41, 5.74) is 5.29. The molecule has 27 heavy (non-hydrogen) atoms. The summed E-state index contributed by atoms with van der Waals surface area (Å²) in [6.07, 6.45) is -3.53. The van der Waals surface area contributed by atoms with Gasteiger partial charge in [-0.1, -0.05) is 18.2 Å². The Hall–Kier alpha value is -2.03. The summed E-state index contributed by atoms with van der Waals surface area (Å²) in [7, 11) is -3.32. The van der Waals surface area contributed by atoms with Crippen molar-refractivity contribution in [1.29, 1.82) is 0 Å². The van der Waals surface area contributed by atoms with Gasteiger partial charge in [0.2, 0.25) is 0 Å². The third kappa shape index (κ3) is 3.33. The monoisotopic (exact) mass is 421 g/mol. The Morgan fingerprint density at radius 2 is 2.15 bits per heavy atom. The third-order valence-electron chi connectivity index (χ3n) is 4.57. The van der Waals surface area contributed by atoms with Crippen LogP contribution >= 0.6 is 11.6 Å². The number of nitrogens with zero attached hydrogens (tertiary/aromatic N) is 4. The zero-order valence-electron chi connectivity index (χ0n) is 14.0. The molecule has 1 aliphatic rings. The van der Waals surface area contributed by atoms with E-state index in [9.17, 15) is 21.6 Å². The average molecular weight is 422 g/mol. The topological polar surface area (TPSA) is 85.1 Å². The summed E-state index contributed by atoms with van der Waals surface area (Å²) < 4.78 is 65.3. The van der Waals surface area contributed by atoms with Gasteiger partial charge in [0, 0.05) is 18.7 Å². The lowest BCUT2D eigenvalue weighted by atomic mass is 10.1. The summed E-state index contributed by atoms with van der Waals surface area (Å²) in [6.45, 7) is 8.65. The predicted molar refractivity (Wildman–Crippen MR) is 94.9 cm³/mol. The summed E-state index contributed by atoms with van der Waals surface area (Å²) in [4.78, 5) is 8.65. The molecule has 146 valence electrons. The highest BCUT2D eigenvalue weighted by atomic mass is 35.5. The maximum absolute atomic E-state index is 13.3. The Labute approximate surface area is 158 Å². The lowest BCUT2D eigenvalue weighted by Gasteiger charge is -2.35. The first-order valence-corrected chi connectivity index (χ1v) is 9.92. The maximum Gasteiger partial charge on any atom is 0.407 e. The molecular weight excluding hydrogens is 407 g/mol. The number of rotatable bonds is 2. The third-order valence-corrected chi connectivity index (χ3v) is 6.99. The number of sulfone groups is 1. The molecule has 2 aromatic rings. The lowest BCUT2D eigenvalue weighted by Crippen LogP contribution is -2.47.